The largest absolute Gasteiger partial charge is 0.441 e. The number of rotatable bonds is 6. The zero-order chi connectivity index (χ0) is 21.1. The lowest BCUT2D eigenvalue weighted by Gasteiger charge is -2.19. The summed E-state index contributed by atoms with van der Waals surface area (Å²) in [6.45, 7) is 4.11. The topological polar surface area (TPSA) is 75.4 Å². The fourth-order valence-corrected chi connectivity index (χ4v) is 3.89. The molecule has 0 spiro atoms. The predicted molar refractivity (Wildman–Crippen MR) is 110 cm³/mol. The maximum atomic E-state index is 14.4. The van der Waals surface area contributed by atoms with Crippen molar-refractivity contribution in [3.05, 3.63) is 78.5 Å². The fourth-order valence-electron chi connectivity index (χ4n) is 3.89. The third kappa shape index (κ3) is 4.10. The molecule has 0 aliphatic carbocycles. The summed E-state index contributed by atoms with van der Waals surface area (Å²) in [7, 11) is 0. The van der Waals surface area contributed by atoms with Gasteiger partial charge < -0.3 is 14.6 Å². The van der Waals surface area contributed by atoms with Crippen LogP contribution < -0.4 is 5.32 Å². The van der Waals surface area contributed by atoms with Crippen LogP contribution >= 0.6 is 0 Å². The number of amides is 2. The highest BCUT2D eigenvalue weighted by molar-refractivity contribution is 5.87. The van der Waals surface area contributed by atoms with E-state index in [4.69, 9.17) is 4.42 Å². The second-order valence-electron chi connectivity index (χ2n) is 7.32. The van der Waals surface area contributed by atoms with Gasteiger partial charge in [0.25, 0.3) is 0 Å². The van der Waals surface area contributed by atoms with Crippen molar-refractivity contribution in [3.8, 4) is 0 Å². The molecule has 1 saturated heterocycles. The normalized spacial score (nSPS) is 18.5. The van der Waals surface area contributed by atoms with E-state index in [2.05, 4.69) is 16.9 Å². The minimum Gasteiger partial charge on any atom is -0.441 e. The van der Waals surface area contributed by atoms with Crippen molar-refractivity contribution >= 4 is 22.9 Å². The Hall–Kier alpha value is -3.48. The first-order chi connectivity index (χ1) is 14.5. The number of para-hydroxylation sites is 2. The molecule has 2 amide bonds. The zero-order valence-corrected chi connectivity index (χ0v) is 16.4. The standard InChI is InChI=1S/C23H22FN3O3/c1-2-21(28)25-19-14-27(13-16(19)15-7-3-4-8-17(15)24)23(29)12-11-22-26-18-9-5-6-10-20(18)30-22/h2-10,16,19H,1,11-14H2,(H,25,28)/t16-,19+/m0/s1. The van der Waals surface area contributed by atoms with Crippen LogP contribution in [0.25, 0.3) is 11.1 Å². The third-order valence-electron chi connectivity index (χ3n) is 5.38. The summed E-state index contributed by atoms with van der Waals surface area (Å²) in [6.07, 6.45) is 1.77. The molecule has 0 unspecified atom stereocenters. The molecule has 2 heterocycles. The Morgan fingerprint density at radius 3 is 2.73 bits per heavy atom. The van der Waals surface area contributed by atoms with Crippen LogP contribution in [0.5, 0.6) is 0 Å². The van der Waals surface area contributed by atoms with E-state index in [1.54, 1.807) is 23.1 Å². The van der Waals surface area contributed by atoms with Gasteiger partial charge in [-0.3, -0.25) is 9.59 Å². The highest BCUT2D eigenvalue weighted by Crippen LogP contribution is 2.30. The van der Waals surface area contributed by atoms with Crippen LogP contribution in [0.2, 0.25) is 0 Å². The number of aryl methyl sites for hydroxylation is 1. The van der Waals surface area contributed by atoms with Gasteiger partial charge in [0, 0.05) is 31.8 Å². The van der Waals surface area contributed by atoms with E-state index in [0.717, 1.165) is 5.52 Å². The predicted octanol–water partition coefficient (Wildman–Crippen LogP) is 3.20. The molecule has 3 aromatic rings. The number of benzene rings is 2. The van der Waals surface area contributed by atoms with E-state index in [-0.39, 0.29) is 36.0 Å². The van der Waals surface area contributed by atoms with Gasteiger partial charge in [-0.15, -0.1) is 0 Å². The van der Waals surface area contributed by atoms with E-state index in [9.17, 15) is 14.0 Å². The summed E-state index contributed by atoms with van der Waals surface area (Å²) in [5, 5.41) is 2.83. The molecule has 7 heteroatoms. The van der Waals surface area contributed by atoms with Crippen molar-refractivity contribution in [2.45, 2.75) is 24.8 Å². The molecule has 1 N–H and O–H groups in total. The monoisotopic (exact) mass is 407 g/mol. The van der Waals surface area contributed by atoms with Crippen LogP contribution in [-0.2, 0) is 16.0 Å². The molecule has 1 aromatic heterocycles. The zero-order valence-electron chi connectivity index (χ0n) is 16.4. The van der Waals surface area contributed by atoms with E-state index >= 15 is 0 Å². The highest BCUT2D eigenvalue weighted by Gasteiger charge is 2.37. The number of hydrogen-bond donors (Lipinski definition) is 1. The second kappa shape index (κ2) is 8.49. The van der Waals surface area contributed by atoms with Crippen molar-refractivity contribution in [3.63, 3.8) is 0 Å². The van der Waals surface area contributed by atoms with Gasteiger partial charge in [0.15, 0.2) is 11.5 Å². The summed E-state index contributed by atoms with van der Waals surface area (Å²) in [5.74, 6) is -0.605. The molecule has 1 fully saturated rings. The van der Waals surface area contributed by atoms with Crippen molar-refractivity contribution in [2.75, 3.05) is 13.1 Å². The van der Waals surface area contributed by atoms with Crippen LogP contribution in [-0.4, -0.2) is 40.8 Å². The smallest absolute Gasteiger partial charge is 0.243 e. The van der Waals surface area contributed by atoms with Gasteiger partial charge in [-0.05, 0) is 29.8 Å². The minimum atomic E-state index is -0.388. The second-order valence-corrected chi connectivity index (χ2v) is 7.32. The Morgan fingerprint density at radius 2 is 1.97 bits per heavy atom. The first-order valence-electron chi connectivity index (χ1n) is 9.84. The average Bonchev–Trinajstić information content (AvgIpc) is 3.36. The van der Waals surface area contributed by atoms with Crippen LogP contribution in [0.4, 0.5) is 4.39 Å². The number of aromatic nitrogens is 1. The maximum Gasteiger partial charge on any atom is 0.243 e. The fraction of sp³-hybridized carbons (Fsp3) is 0.261. The number of likely N-dealkylation sites (tertiary alicyclic amines) is 1. The summed E-state index contributed by atoms with van der Waals surface area (Å²) >= 11 is 0. The molecule has 0 bridgehead atoms. The first kappa shape index (κ1) is 19.8. The quantitative estimate of drug-likeness (QED) is 0.637. The van der Waals surface area contributed by atoms with Gasteiger partial charge in [-0.2, -0.15) is 0 Å². The first-order valence-corrected chi connectivity index (χ1v) is 9.84. The van der Waals surface area contributed by atoms with Crippen LogP contribution in [0.15, 0.2) is 65.6 Å². The maximum absolute atomic E-state index is 14.4. The lowest BCUT2D eigenvalue weighted by molar-refractivity contribution is -0.130. The van der Waals surface area contributed by atoms with Gasteiger partial charge in [-0.25, -0.2) is 9.37 Å². The van der Waals surface area contributed by atoms with Gasteiger partial charge in [-0.1, -0.05) is 36.9 Å². The van der Waals surface area contributed by atoms with Crippen LogP contribution in [0.3, 0.4) is 0 Å². The average molecular weight is 407 g/mol. The lowest BCUT2D eigenvalue weighted by atomic mass is 9.94. The summed E-state index contributed by atoms with van der Waals surface area (Å²) in [5.41, 5.74) is 1.93. The van der Waals surface area contributed by atoms with Crippen molar-refractivity contribution < 1.29 is 18.4 Å². The van der Waals surface area contributed by atoms with Crippen molar-refractivity contribution in [2.24, 2.45) is 0 Å². The van der Waals surface area contributed by atoms with Crippen LogP contribution in [0, 0.1) is 5.82 Å². The van der Waals surface area contributed by atoms with Crippen molar-refractivity contribution in [1.82, 2.24) is 15.2 Å². The van der Waals surface area contributed by atoms with Crippen molar-refractivity contribution in [1.29, 1.82) is 0 Å². The molecule has 1 aliphatic rings. The van der Waals surface area contributed by atoms with Gasteiger partial charge in [0.2, 0.25) is 11.8 Å². The Morgan fingerprint density at radius 1 is 1.20 bits per heavy atom. The van der Waals surface area contributed by atoms with E-state index in [1.807, 2.05) is 24.3 Å². The molecule has 0 saturated carbocycles. The Labute approximate surface area is 173 Å². The molecular formula is C23H22FN3O3. The molecule has 6 nitrogen and oxygen atoms in total. The third-order valence-corrected chi connectivity index (χ3v) is 5.38. The van der Waals surface area contributed by atoms with Gasteiger partial charge in [0.05, 0.1) is 6.04 Å². The Balaban J connectivity index is 1.46. The Kier molecular flexibility index (Phi) is 5.61. The number of carbonyl (C=O) groups excluding carboxylic acids is 2. The molecule has 2 atom stereocenters. The number of oxazole rings is 1. The molecule has 154 valence electrons. The van der Waals surface area contributed by atoms with E-state index in [1.165, 1.54) is 12.1 Å². The van der Waals surface area contributed by atoms with Crippen LogP contribution in [0.1, 0.15) is 23.8 Å². The molecule has 1 aliphatic heterocycles. The molecule has 2 aromatic carbocycles. The SMILES string of the molecule is C=CC(=O)N[C@@H]1CN(C(=O)CCc2nc3ccccc3o2)C[C@H]1c1ccccc1F. The number of halogens is 1. The molecular weight excluding hydrogens is 385 g/mol. The van der Waals surface area contributed by atoms with E-state index < -0.39 is 0 Å². The van der Waals surface area contributed by atoms with E-state index in [0.29, 0.717) is 36.5 Å². The summed E-state index contributed by atoms with van der Waals surface area (Å²) in [6, 6.07) is 13.5. The van der Waals surface area contributed by atoms with Gasteiger partial charge >= 0.3 is 0 Å². The number of carbonyl (C=O) groups is 2. The number of hydrogen-bond acceptors (Lipinski definition) is 4. The number of nitrogens with zero attached hydrogens (tertiary/aromatic N) is 2. The lowest BCUT2D eigenvalue weighted by Crippen LogP contribution is -2.39. The highest BCUT2D eigenvalue weighted by atomic mass is 19.1. The molecule has 4 rings (SSSR count). The minimum absolute atomic E-state index is 0.0889. The summed E-state index contributed by atoms with van der Waals surface area (Å²) in [4.78, 5) is 30.7. The summed E-state index contributed by atoms with van der Waals surface area (Å²) < 4.78 is 20.1. The number of nitrogens with one attached hydrogen (secondary N) is 1. The number of fused-ring (bicyclic) bond motifs is 1. The Bertz CT molecular complexity index is 1060. The molecule has 30 heavy (non-hydrogen) atoms. The van der Waals surface area contributed by atoms with Gasteiger partial charge in [0.1, 0.15) is 11.3 Å². The molecule has 0 radical (unpaired) electrons.